The van der Waals surface area contributed by atoms with Crippen molar-refractivity contribution < 1.29 is 28.9 Å². The van der Waals surface area contributed by atoms with Crippen molar-refractivity contribution in [3.05, 3.63) is 27.8 Å². The number of amides is 1. The number of carbonyl (C=O) groups is 1. The third-order valence-electron chi connectivity index (χ3n) is 4.04. The van der Waals surface area contributed by atoms with Crippen molar-refractivity contribution in [3.63, 3.8) is 0 Å². The van der Waals surface area contributed by atoms with Gasteiger partial charge >= 0.3 is 6.09 Å². The van der Waals surface area contributed by atoms with Crippen LogP contribution in [-0.4, -0.2) is 46.2 Å². The van der Waals surface area contributed by atoms with Crippen LogP contribution in [0.15, 0.2) is 10.9 Å². The maximum absolute atomic E-state index is 14.2. The minimum atomic E-state index is -1.35. The van der Waals surface area contributed by atoms with Gasteiger partial charge in [0.1, 0.15) is 18.3 Å². The van der Waals surface area contributed by atoms with E-state index in [1.165, 1.54) is 6.92 Å². The van der Waals surface area contributed by atoms with Crippen molar-refractivity contribution in [2.75, 3.05) is 11.9 Å². The number of ether oxygens (including phenoxy) is 2. The highest BCUT2D eigenvalue weighted by molar-refractivity contribution is 5.83. The van der Waals surface area contributed by atoms with E-state index in [9.17, 15) is 24.2 Å². The molecule has 8 nitrogen and oxygen atoms in total. The van der Waals surface area contributed by atoms with Crippen molar-refractivity contribution in [2.45, 2.75) is 57.5 Å². The van der Waals surface area contributed by atoms with Crippen LogP contribution in [0, 0.1) is 5.82 Å². The summed E-state index contributed by atoms with van der Waals surface area (Å²) in [4.78, 5) is 25.9. The minimum Gasteiger partial charge on any atom is -0.449 e. The summed E-state index contributed by atoms with van der Waals surface area (Å²) in [5, 5.41) is 21.7. The van der Waals surface area contributed by atoms with Gasteiger partial charge in [-0.3, -0.25) is 10.1 Å². The molecule has 1 aromatic rings. The summed E-state index contributed by atoms with van der Waals surface area (Å²) < 4.78 is 24.4. The number of hydrogen-bond acceptors (Lipinski definition) is 6. The first kappa shape index (κ1) is 19.4. The van der Waals surface area contributed by atoms with Crippen LogP contribution in [0.25, 0.3) is 0 Å². The number of nitrogens with one attached hydrogen (secondary N) is 2. The summed E-state index contributed by atoms with van der Waals surface area (Å²) >= 11 is 0. The van der Waals surface area contributed by atoms with E-state index in [0.717, 1.165) is 18.9 Å². The molecule has 1 saturated heterocycles. The number of rotatable bonds is 6. The predicted octanol–water partition coefficient (Wildman–Crippen LogP) is 1.43. The van der Waals surface area contributed by atoms with Crippen LogP contribution in [0.1, 0.15) is 44.8 Å². The lowest BCUT2D eigenvalue weighted by atomic mass is 10.0. The molecule has 4 N–H and O–H groups in total. The zero-order valence-corrected chi connectivity index (χ0v) is 14.1. The molecule has 0 saturated carbocycles. The largest absolute Gasteiger partial charge is 0.449 e. The summed E-state index contributed by atoms with van der Waals surface area (Å²) in [5.74, 6) is -1.35. The number of carbonyl (C=O) groups excluding carboxylic acids is 1. The molecular formula is C16H23FN2O6. The van der Waals surface area contributed by atoms with Gasteiger partial charge in [0.05, 0.1) is 18.3 Å². The Kier molecular flexibility index (Phi) is 6.51. The first-order chi connectivity index (χ1) is 11.8. The van der Waals surface area contributed by atoms with Crippen molar-refractivity contribution in [3.8, 4) is 0 Å². The summed E-state index contributed by atoms with van der Waals surface area (Å²) in [7, 11) is 0. The van der Waals surface area contributed by atoms with Gasteiger partial charge in [0.15, 0.2) is 11.6 Å². The first-order valence-electron chi connectivity index (χ1n) is 8.23. The standard InChI is InChI=1S/C16H23FN2O6/c1-3-4-5-6-24-16(23)19-14-10(17)7-9(15(22)18-14)13-12(21)11(20)8(2)25-13/h7-8,11-13,20-21H,3-6H2,1-2H3,(H2,18,19,22,23)/t8-,11+,12?,13+/m1/s1. The second-order valence-corrected chi connectivity index (χ2v) is 5.99. The quantitative estimate of drug-likeness (QED) is 0.571. The van der Waals surface area contributed by atoms with E-state index in [2.05, 4.69) is 10.3 Å². The lowest BCUT2D eigenvalue weighted by Crippen LogP contribution is -2.31. The number of aliphatic hydroxyl groups excluding tert-OH is 2. The highest BCUT2D eigenvalue weighted by atomic mass is 19.1. The Morgan fingerprint density at radius 3 is 2.72 bits per heavy atom. The molecule has 0 radical (unpaired) electrons. The topological polar surface area (TPSA) is 121 Å². The molecule has 0 bridgehead atoms. The molecule has 9 heteroatoms. The van der Waals surface area contributed by atoms with Crippen LogP contribution < -0.4 is 10.9 Å². The van der Waals surface area contributed by atoms with Crippen LogP contribution in [0.2, 0.25) is 0 Å². The summed E-state index contributed by atoms with van der Waals surface area (Å²) in [6.45, 7) is 3.73. The molecule has 2 rings (SSSR count). The summed E-state index contributed by atoms with van der Waals surface area (Å²) in [6, 6.07) is 0.865. The molecule has 2 heterocycles. The number of halogens is 1. The van der Waals surface area contributed by atoms with E-state index in [-0.39, 0.29) is 12.2 Å². The monoisotopic (exact) mass is 358 g/mol. The summed E-state index contributed by atoms with van der Waals surface area (Å²) in [5.41, 5.74) is -0.914. The van der Waals surface area contributed by atoms with Gasteiger partial charge < -0.3 is 24.7 Å². The fraction of sp³-hybridized carbons (Fsp3) is 0.625. The van der Waals surface area contributed by atoms with Crippen molar-refractivity contribution in [1.29, 1.82) is 0 Å². The average molecular weight is 358 g/mol. The molecular weight excluding hydrogens is 335 g/mol. The van der Waals surface area contributed by atoms with Crippen LogP contribution in [0.5, 0.6) is 0 Å². The predicted molar refractivity (Wildman–Crippen MR) is 86.8 cm³/mol. The van der Waals surface area contributed by atoms with Crippen LogP contribution in [0.3, 0.4) is 0 Å². The number of H-pyrrole nitrogens is 1. The maximum Gasteiger partial charge on any atom is 0.412 e. The Hall–Kier alpha value is -1.97. The van der Waals surface area contributed by atoms with Gasteiger partial charge in [0, 0.05) is 0 Å². The zero-order valence-electron chi connectivity index (χ0n) is 14.1. The normalized spacial score (nSPS) is 25.8. The molecule has 140 valence electrons. The molecule has 1 aromatic heterocycles. The number of hydrogen-bond donors (Lipinski definition) is 4. The van der Waals surface area contributed by atoms with E-state index in [0.29, 0.717) is 6.42 Å². The van der Waals surface area contributed by atoms with E-state index >= 15 is 0 Å². The first-order valence-corrected chi connectivity index (χ1v) is 8.23. The van der Waals surface area contributed by atoms with Gasteiger partial charge in [0.25, 0.3) is 5.56 Å². The molecule has 0 aromatic carbocycles. The Balaban J connectivity index is 2.07. The van der Waals surface area contributed by atoms with E-state index in [1.54, 1.807) is 0 Å². The molecule has 1 unspecified atom stereocenters. The third kappa shape index (κ3) is 4.56. The lowest BCUT2D eigenvalue weighted by molar-refractivity contribution is 0.0141. The zero-order chi connectivity index (χ0) is 18.6. The van der Waals surface area contributed by atoms with Gasteiger partial charge in [-0.15, -0.1) is 0 Å². The minimum absolute atomic E-state index is 0.171. The Labute approximate surface area is 144 Å². The molecule has 1 amide bonds. The number of aliphatic hydroxyl groups is 2. The molecule has 25 heavy (non-hydrogen) atoms. The second-order valence-electron chi connectivity index (χ2n) is 5.99. The fourth-order valence-electron chi connectivity index (χ4n) is 2.58. The third-order valence-corrected chi connectivity index (χ3v) is 4.04. The Morgan fingerprint density at radius 1 is 1.40 bits per heavy atom. The fourth-order valence-corrected chi connectivity index (χ4v) is 2.58. The lowest BCUT2D eigenvalue weighted by Gasteiger charge is -2.15. The SMILES string of the molecule is CCCCCOC(=O)Nc1[nH]c(=O)c([C@@H]2O[C@H](C)[C@H](O)C2O)cc1F. The maximum atomic E-state index is 14.2. The molecule has 1 fully saturated rings. The second kappa shape index (κ2) is 8.41. The van der Waals surface area contributed by atoms with E-state index < -0.39 is 47.7 Å². The number of anilines is 1. The van der Waals surface area contributed by atoms with Crippen molar-refractivity contribution in [1.82, 2.24) is 4.98 Å². The number of aromatic amines is 1. The number of aromatic nitrogens is 1. The van der Waals surface area contributed by atoms with Crippen molar-refractivity contribution in [2.24, 2.45) is 0 Å². The van der Waals surface area contributed by atoms with E-state index in [4.69, 9.17) is 9.47 Å². The van der Waals surface area contributed by atoms with Gasteiger partial charge in [-0.05, 0) is 19.4 Å². The average Bonchev–Trinajstić information content (AvgIpc) is 2.82. The van der Waals surface area contributed by atoms with Crippen LogP contribution in [0.4, 0.5) is 15.0 Å². The molecule has 1 aliphatic heterocycles. The number of unbranched alkanes of at least 4 members (excludes halogenated alkanes) is 2. The van der Waals surface area contributed by atoms with Crippen LogP contribution in [-0.2, 0) is 9.47 Å². The molecule has 0 spiro atoms. The Morgan fingerprint density at radius 2 is 2.12 bits per heavy atom. The van der Waals surface area contributed by atoms with Crippen molar-refractivity contribution >= 4 is 11.9 Å². The molecule has 0 aliphatic carbocycles. The van der Waals surface area contributed by atoms with Gasteiger partial charge in [-0.1, -0.05) is 19.8 Å². The Bertz CT molecular complexity index is 665. The van der Waals surface area contributed by atoms with Gasteiger partial charge in [0.2, 0.25) is 0 Å². The number of pyridine rings is 1. The highest BCUT2D eigenvalue weighted by Gasteiger charge is 2.42. The van der Waals surface area contributed by atoms with Gasteiger partial charge in [-0.2, -0.15) is 0 Å². The van der Waals surface area contributed by atoms with Gasteiger partial charge in [-0.25, -0.2) is 9.18 Å². The smallest absolute Gasteiger partial charge is 0.412 e. The highest BCUT2D eigenvalue weighted by Crippen LogP contribution is 2.32. The molecule has 1 aliphatic rings. The summed E-state index contributed by atoms with van der Waals surface area (Å²) in [6.07, 6.45) is -2.69. The molecule has 4 atom stereocenters. The van der Waals surface area contributed by atoms with Crippen LogP contribution >= 0.6 is 0 Å². The van der Waals surface area contributed by atoms with E-state index in [1.807, 2.05) is 6.92 Å².